The number of carbonyl (C=O) groups excluding carboxylic acids is 1. The quantitative estimate of drug-likeness (QED) is 0.517. The van der Waals surface area contributed by atoms with E-state index in [4.69, 9.17) is 14.9 Å². The molecule has 0 aliphatic carbocycles. The standard InChI is InChI=1S/C11H19NO4/c1-7-5-8(9(13)14)12(6-7)10(15)16-11(2,3)4/h8-9,13-14H,1,5-6H2,2-4H3/t8-/m0/s1. The summed E-state index contributed by atoms with van der Waals surface area (Å²) in [6, 6.07) is -0.651. The molecule has 1 saturated heterocycles. The summed E-state index contributed by atoms with van der Waals surface area (Å²) in [6.45, 7) is 9.35. The zero-order chi connectivity index (χ0) is 12.5. The van der Waals surface area contributed by atoms with Gasteiger partial charge < -0.3 is 14.9 Å². The summed E-state index contributed by atoms with van der Waals surface area (Å²) in [5.74, 6) is 0. The molecule has 1 heterocycles. The lowest BCUT2D eigenvalue weighted by molar-refractivity contribution is -0.0911. The van der Waals surface area contributed by atoms with Gasteiger partial charge in [0, 0.05) is 6.54 Å². The van der Waals surface area contributed by atoms with E-state index in [1.165, 1.54) is 4.90 Å². The highest BCUT2D eigenvalue weighted by Gasteiger charge is 2.37. The number of nitrogens with zero attached hydrogens (tertiary/aromatic N) is 1. The van der Waals surface area contributed by atoms with Gasteiger partial charge in [0.2, 0.25) is 0 Å². The maximum atomic E-state index is 11.8. The lowest BCUT2D eigenvalue weighted by Crippen LogP contribution is -2.45. The summed E-state index contributed by atoms with van der Waals surface area (Å²) in [5.41, 5.74) is 0.204. The lowest BCUT2D eigenvalue weighted by Gasteiger charge is -2.28. The third kappa shape index (κ3) is 3.21. The van der Waals surface area contributed by atoms with Gasteiger partial charge in [-0.2, -0.15) is 0 Å². The van der Waals surface area contributed by atoms with Crippen LogP contribution < -0.4 is 0 Å². The fraction of sp³-hybridized carbons (Fsp3) is 0.727. The fourth-order valence-corrected chi connectivity index (χ4v) is 1.62. The largest absolute Gasteiger partial charge is 0.444 e. The summed E-state index contributed by atoms with van der Waals surface area (Å²) < 4.78 is 5.17. The van der Waals surface area contributed by atoms with Gasteiger partial charge in [0.15, 0.2) is 6.29 Å². The van der Waals surface area contributed by atoms with Crippen molar-refractivity contribution < 1.29 is 19.7 Å². The maximum absolute atomic E-state index is 11.8. The van der Waals surface area contributed by atoms with Crippen molar-refractivity contribution in [2.24, 2.45) is 0 Å². The van der Waals surface area contributed by atoms with Crippen molar-refractivity contribution in [3.8, 4) is 0 Å². The van der Waals surface area contributed by atoms with Crippen molar-refractivity contribution in [2.45, 2.75) is 45.1 Å². The molecule has 0 spiro atoms. The third-order valence-electron chi connectivity index (χ3n) is 2.26. The highest BCUT2D eigenvalue weighted by atomic mass is 16.6. The minimum atomic E-state index is -1.56. The molecule has 1 rings (SSSR count). The first-order valence-corrected chi connectivity index (χ1v) is 5.23. The van der Waals surface area contributed by atoms with E-state index in [-0.39, 0.29) is 0 Å². The molecule has 1 amide bonds. The predicted molar refractivity (Wildman–Crippen MR) is 58.7 cm³/mol. The van der Waals surface area contributed by atoms with Gasteiger partial charge in [-0.3, -0.25) is 4.90 Å². The Labute approximate surface area is 95.3 Å². The van der Waals surface area contributed by atoms with Crippen LogP contribution in [0.3, 0.4) is 0 Å². The number of aliphatic hydroxyl groups excluding tert-OH is 1. The highest BCUT2D eigenvalue weighted by Crippen LogP contribution is 2.25. The molecule has 2 N–H and O–H groups in total. The van der Waals surface area contributed by atoms with E-state index in [0.29, 0.717) is 13.0 Å². The van der Waals surface area contributed by atoms with Crippen LogP contribution in [0.15, 0.2) is 12.2 Å². The molecule has 0 saturated carbocycles. The Kier molecular flexibility index (Phi) is 3.60. The molecule has 0 aromatic heterocycles. The molecule has 16 heavy (non-hydrogen) atoms. The van der Waals surface area contributed by atoms with Gasteiger partial charge in [-0.05, 0) is 27.2 Å². The predicted octanol–water partition coefficient (Wildman–Crippen LogP) is 0.863. The molecule has 0 unspecified atom stereocenters. The van der Waals surface area contributed by atoms with Crippen LogP contribution in [0.25, 0.3) is 0 Å². The Morgan fingerprint density at radius 2 is 2.12 bits per heavy atom. The molecule has 1 atom stereocenters. The number of rotatable bonds is 1. The number of carbonyl (C=O) groups is 1. The van der Waals surface area contributed by atoms with Crippen molar-refractivity contribution in [1.82, 2.24) is 4.90 Å². The highest BCUT2D eigenvalue weighted by molar-refractivity contribution is 5.69. The summed E-state index contributed by atoms with van der Waals surface area (Å²) >= 11 is 0. The monoisotopic (exact) mass is 229 g/mol. The van der Waals surface area contributed by atoms with Crippen molar-refractivity contribution in [1.29, 1.82) is 0 Å². The minimum absolute atomic E-state index is 0.317. The van der Waals surface area contributed by atoms with E-state index in [2.05, 4.69) is 6.58 Å². The average Bonchev–Trinajstić information content (AvgIpc) is 2.44. The van der Waals surface area contributed by atoms with Crippen molar-refractivity contribution in [2.75, 3.05) is 6.54 Å². The van der Waals surface area contributed by atoms with Gasteiger partial charge in [0.25, 0.3) is 0 Å². The topological polar surface area (TPSA) is 70.0 Å². The van der Waals surface area contributed by atoms with Crippen molar-refractivity contribution in [3.05, 3.63) is 12.2 Å². The van der Waals surface area contributed by atoms with Crippen LogP contribution in [0.5, 0.6) is 0 Å². The Balaban J connectivity index is 2.71. The van der Waals surface area contributed by atoms with Crippen LogP contribution in [0.2, 0.25) is 0 Å². The minimum Gasteiger partial charge on any atom is -0.444 e. The molecule has 0 aromatic rings. The second-order valence-corrected chi connectivity index (χ2v) is 5.04. The molecule has 1 aliphatic rings. The Hall–Kier alpha value is -1.07. The molecule has 5 nitrogen and oxygen atoms in total. The van der Waals surface area contributed by atoms with E-state index in [1.54, 1.807) is 20.8 Å². The normalized spacial score (nSPS) is 21.8. The Morgan fingerprint density at radius 1 is 1.56 bits per heavy atom. The molecule has 1 fully saturated rings. The average molecular weight is 229 g/mol. The summed E-state index contributed by atoms with van der Waals surface area (Å²) in [5, 5.41) is 18.3. The van der Waals surface area contributed by atoms with Crippen LogP contribution in [0.4, 0.5) is 4.79 Å². The smallest absolute Gasteiger partial charge is 0.411 e. The molecule has 1 aliphatic heterocycles. The number of likely N-dealkylation sites (tertiary alicyclic amines) is 1. The second-order valence-electron chi connectivity index (χ2n) is 5.04. The molecular weight excluding hydrogens is 210 g/mol. The second kappa shape index (κ2) is 4.43. The number of hydrogen-bond donors (Lipinski definition) is 2. The van der Waals surface area contributed by atoms with Gasteiger partial charge in [-0.1, -0.05) is 12.2 Å². The first-order chi connectivity index (χ1) is 7.20. The first kappa shape index (κ1) is 13.0. The third-order valence-corrected chi connectivity index (χ3v) is 2.26. The van der Waals surface area contributed by atoms with Crippen LogP contribution >= 0.6 is 0 Å². The summed E-state index contributed by atoms with van der Waals surface area (Å²) in [6.07, 6.45) is -1.70. The number of amides is 1. The van der Waals surface area contributed by atoms with Gasteiger partial charge >= 0.3 is 6.09 Å². The van der Waals surface area contributed by atoms with Gasteiger partial charge in [-0.15, -0.1) is 0 Å². The Morgan fingerprint density at radius 3 is 2.56 bits per heavy atom. The maximum Gasteiger partial charge on any atom is 0.411 e. The van der Waals surface area contributed by atoms with Crippen LogP contribution in [0.1, 0.15) is 27.2 Å². The van der Waals surface area contributed by atoms with Gasteiger partial charge in [0.1, 0.15) is 5.60 Å². The van der Waals surface area contributed by atoms with E-state index < -0.39 is 24.0 Å². The summed E-state index contributed by atoms with van der Waals surface area (Å²) in [4.78, 5) is 13.1. The molecule has 5 heteroatoms. The van der Waals surface area contributed by atoms with E-state index in [9.17, 15) is 4.79 Å². The Bertz CT molecular complexity index is 293. The van der Waals surface area contributed by atoms with Crippen LogP contribution in [0, 0.1) is 0 Å². The van der Waals surface area contributed by atoms with Crippen LogP contribution in [-0.4, -0.2) is 45.7 Å². The lowest BCUT2D eigenvalue weighted by atomic mass is 10.2. The molecule has 92 valence electrons. The molecule has 0 radical (unpaired) electrons. The zero-order valence-electron chi connectivity index (χ0n) is 9.93. The molecular formula is C11H19NO4. The number of aliphatic hydroxyl groups is 2. The van der Waals surface area contributed by atoms with Gasteiger partial charge in [-0.25, -0.2) is 4.79 Å². The number of hydrogen-bond acceptors (Lipinski definition) is 4. The zero-order valence-corrected chi connectivity index (χ0v) is 9.93. The van der Waals surface area contributed by atoms with Crippen molar-refractivity contribution >= 4 is 6.09 Å². The van der Waals surface area contributed by atoms with E-state index in [0.717, 1.165) is 5.57 Å². The first-order valence-electron chi connectivity index (χ1n) is 5.23. The van der Waals surface area contributed by atoms with E-state index >= 15 is 0 Å². The van der Waals surface area contributed by atoms with E-state index in [1.807, 2.05) is 0 Å². The SMILES string of the molecule is C=C1C[C@@H](C(O)O)N(C(=O)OC(C)(C)C)C1. The number of ether oxygens (including phenoxy) is 1. The van der Waals surface area contributed by atoms with Gasteiger partial charge in [0.05, 0.1) is 6.04 Å². The van der Waals surface area contributed by atoms with Crippen LogP contribution in [-0.2, 0) is 4.74 Å². The molecule has 0 bridgehead atoms. The van der Waals surface area contributed by atoms with Crippen molar-refractivity contribution in [3.63, 3.8) is 0 Å². The molecule has 0 aromatic carbocycles. The summed E-state index contributed by atoms with van der Waals surface area (Å²) in [7, 11) is 0. The fourth-order valence-electron chi connectivity index (χ4n) is 1.62.